The highest BCUT2D eigenvalue weighted by molar-refractivity contribution is 6.37. The Morgan fingerprint density at radius 2 is 1.85 bits per heavy atom. The summed E-state index contributed by atoms with van der Waals surface area (Å²) >= 11 is 12.5. The van der Waals surface area contributed by atoms with Crippen molar-refractivity contribution in [2.75, 3.05) is 25.2 Å². The van der Waals surface area contributed by atoms with Crippen LogP contribution in [-0.4, -0.2) is 29.0 Å². The second kappa shape index (κ2) is 8.17. The number of hydrogen-bond donors (Lipinski definition) is 3. The number of fused-ring (bicyclic) bond motifs is 1. The van der Waals surface area contributed by atoms with Gasteiger partial charge < -0.3 is 21.3 Å². The van der Waals surface area contributed by atoms with E-state index in [0.717, 1.165) is 22.0 Å². The number of aliphatic hydroxyl groups excluding tert-OH is 1. The number of hydrogen-bond acceptors (Lipinski definition) is 6. The fraction of sp³-hybridized carbons (Fsp3) is 0.263. The molecule has 0 aliphatic rings. The SMILES string of the molecule is COc1ccc(Cc2nnc(CCCO)c3cc(N)c(Cl)c(N)c23)cc1Cl. The zero-order valence-electron chi connectivity index (χ0n) is 14.8. The van der Waals surface area contributed by atoms with E-state index in [1.807, 2.05) is 12.1 Å². The van der Waals surface area contributed by atoms with Gasteiger partial charge in [0, 0.05) is 23.8 Å². The zero-order valence-corrected chi connectivity index (χ0v) is 16.3. The lowest BCUT2D eigenvalue weighted by Gasteiger charge is -2.14. The highest BCUT2D eigenvalue weighted by Gasteiger charge is 2.17. The minimum absolute atomic E-state index is 0.0633. The molecule has 0 bridgehead atoms. The highest BCUT2D eigenvalue weighted by Crippen LogP contribution is 2.37. The molecule has 0 amide bonds. The third-order valence-corrected chi connectivity index (χ3v) is 5.10. The van der Waals surface area contributed by atoms with Crippen LogP contribution in [-0.2, 0) is 12.8 Å². The molecule has 0 saturated carbocycles. The fourth-order valence-electron chi connectivity index (χ4n) is 3.03. The molecule has 3 aromatic rings. The van der Waals surface area contributed by atoms with Gasteiger partial charge in [-0.25, -0.2) is 0 Å². The summed E-state index contributed by atoms with van der Waals surface area (Å²) in [5, 5.41) is 20.2. The van der Waals surface area contributed by atoms with Crippen molar-refractivity contribution in [3.8, 4) is 5.75 Å². The molecule has 0 saturated heterocycles. The Kier molecular flexibility index (Phi) is 5.89. The number of nitrogen functional groups attached to an aromatic ring is 2. The summed E-state index contributed by atoms with van der Waals surface area (Å²) in [4.78, 5) is 0. The molecule has 0 spiro atoms. The summed E-state index contributed by atoms with van der Waals surface area (Å²) in [5.74, 6) is 0.603. The molecule has 3 rings (SSSR count). The molecule has 0 atom stereocenters. The van der Waals surface area contributed by atoms with Gasteiger partial charge in [-0.1, -0.05) is 29.3 Å². The highest BCUT2D eigenvalue weighted by atomic mass is 35.5. The first-order chi connectivity index (χ1) is 13.0. The lowest BCUT2D eigenvalue weighted by molar-refractivity contribution is 0.288. The number of aliphatic hydroxyl groups is 1. The Balaban J connectivity index is 2.13. The maximum atomic E-state index is 9.13. The molecule has 6 nitrogen and oxygen atoms in total. The number of rotatable bonds is 6. The van der Waals surface area contributed by atoms with Gasteiger partial charge in [-0.2, -0.15) is 10.2 Å². The largest absolute Gasteiger partial charge is 0.495 e. The van der Waals surface area contributed by atoms with Gasteiger partial charge >= 0.3 is 0 Å². The molecule has 0 radical (unpaired) electrons. The molecule has 0 fully saturated rings. The summed E-state index contributed by atoms with van der Waals surface area (Å²) < 4.78 is 5.19. The normalized spacial score (nSPS) is 11.1. The lowest BCUT2D eigenvalue weighted by atomic mass is 9.99. The van der Waals surface area contributed by atoms with Crippen molar-refractivity contribution in [1.29, 1.82) is 0 Å². The van der Waals surface area contributed by atoms with Crippen LogP contribution in [0.1, 0.15) is 23.4 Å². The number of ether oxygens (including phenoxy) is 1. The maximum Gasteiger partial charge on any atom is 0.137 e. The molecule has 27 heavy (non-hydrogen) atoms. The minimum Gasteiger partial charge on any atom is -0.495 e. The number of aryl methyl sites for hydroxylation is 1. The van der Waals surface area contributed by atoms with Crippen molar-refractivity contribution in [3.05, 3.63) is 51.3 Å². The van der Waals surface area contributed by atoms with Crippen LogP contribution in [0.3, 0.4) is 0 Å². The monoisotopic (exact) mass is 406 g/mol. The Morgan fingerprint density at radius 3 is 2.52 bits per heavy atom. The van der Waals surface area contributed by atoms with Gasteiger partial charge in [0.1, 0.15) is 5.75 Å². The Bertz CT molecular complexity index is 995. The average Bonchev–Trinajstić information content (AvgIpc) is 2.65. The predicted molar refractivity (Wildman–Crippen MR) is 110 cm³/mol. The zero-order chi connectivity index (χ0) is 19.6. The van der Waals surface area contributed by atoms with Gasteiger partial charge in [-0.3, -0.25) is 0 Å². The van der Waals surface area contributed by atoms with Crippen molar-refractivity contribution in [2.45, 2.75) is 19.3 Å². The first kappa shape index (κ1) is 19.5. The summed E-state index contributed by atoms with van der Waals surface area (Å²) in [7, 11) is 1.57. The van der Waals surface area contributed by atoms with Gasteiger partial charge in [0.2, 0.25) is 0 Å². The van der Waals surface area contributed by atoms with Gasteiger partial charge in [-0.15, -0.1) is 0 Å². The van der Waals surface area contributed by atoms with Crippen molar-refractivity contribution in [3.63, 3.8) is 0 Å². The van der Waals surface area contributed by atoms with Crippen LogP contribution < -0.4 is 16.2 Å². The quantitative estimate of drug-likeness (QED) is 0.539. The topological polar surface area (TPSA) is 107 Å². The van der Waals surface area contributed by atoms with Crippen molar-refractivity contribution in [1.82, 2.24) is 10.2 Å². The van der Waals surface area contributed by atoms with Gasteiger partial charge in [0.25, 0.3) is 0 Å². The van der Waals surface area contributed by atoms with Crippen molar-refractivity contribution >= 4 is 45.3 Å². The molecule has 1 heterocycles. The van der Waals surface area contributed by atoms with Gasteiger partial charge in [0.05, 0.1) is 39.9 Å². The number of nitrogens with zero attached hydrogens (tertiary/aromatic N) is 2. The van der Waals surface area contributed by atoms with E-state index in [4.69, 9.17) is 44.5 Å². The van der Waals surface area contributed by atoms with E-state index in [1.165, 1.54) is 0 Å². The van der Waals surface area contributed by atoms with Crippen LogP contribution in [0, 0.1) is 0 Å². The van der Waals surface area contributed by atoms with Gasteiger partial charge in [0.15, 0.2) is 0 Å². The molecule has 2 aromatic carbocycles. The number of aromatic nitrogens is 2. The van der Waals surface area contributed by atoms with Crippen LogP contribution in [0.2, 0.25) is 10.0 Å². The van der Waals surface area contributed by atoms with Crippen LogP contribution in [0.15, 0.2) is 24.3 Å². The van der Waals surface area contributed by atoms with Crippen LogP contribution in [0.25, 0.3) is 10.8 Å². The number of benzene rings is 2. The molecule has 142 valence electrons. The second-order valence-electron chi connectivity index (χ2n) is 6.18. The Hall–Kier alpha value is -2.28. The summed E-state index contributed by atoms with van der Waals surface area (Å²) in [6.45, 7) is 0.0633. The van der Waals surface area contributed by atoms with Crippen LogP contribution in [0.5, 0.6) is 5.75 Å². The Labute approximate surface area is 167 Å². The molecule has 5 N–H and O–H groups in total. The van der Waals surface area contributed by atoms with Crippen molar-refractivity contribution in [2.24, 2.45) is 0 Å². The smallest absolute Gasteiger partial charge is 0.137 e. The molecule has 8 heteroatoms. The average molecular weight is 407 g/mol. The number of methoxy groups -OCH3 is 1. The van der Waals surface area contributed by atoms with E-state index in [9.17, 15) is 0 Å². The van der Waals surface area contributed by atoms with Crippen molar-refractivity contribution < 1.29 is 9.84 Å². The predicted octanol–water partition coefficient (Wildman–Crippen LogP) is 3.63. The molecule has 0 aliphatic carbocycles. The molecule has 1 aromatic heterocycles. The molecular formula is C19H20Cl2N4O2. The van der Waals surface area contributed by atoms with Crippen LogP contribution >= 0.6 is 23.2 Å². The van der Waals surface area contributed by atoms with E-state index >= 15 is 0 Å². The standard InChI is InChI=1S/C19H20Cl2N4O2/c1-27-16-5-4-10(7-12(16)20)8-15-17-11(9-13(22)18(21)19(17)23)14(24-25-15)3-2-6-26/h4-5,7,9,26H,2-3,6,8,22-23H2,1H3. The third-order valence-electron chi connectivity index (χ3n) is 4.38. The van der Waals surface area contributed by atoms with Crippen LogP contribution in [0.4, 0.5) is 11.4 Å². The Morgan fingerprint density at radius 1 is 1.11 bits per heavy atom. The number of nitrogens with two attached hydrogens (primary N) is 2. The first-order valence-corrected chi connectivity index (χ1v) is 9.16. The molecule has 0 aliphatic heterocycles. The van der Waals surface area contributed by atoms with E-state index in [0.29, 0.717) is 52.1 Å². The van der Waals surface area contributed by atoms with E-state index in [2.05, 4.69) is 10.2 Å². The number of anilines is 2. The number of halogens is 2. The lowest BCUT2D eigenvalue weighted by Crippen LogP contribution is -2.06. The second-order valence-corrected chi connectivity index (χ2v) is 6.97. The summed E-state index contributed by atoms with van der Waals surface area (Å²) in [6, 6.07) is 7.30. The fourth-order valence-corrected chi connectivity index (χ4v) is 3.46. The summed E-state index contributed by atoms with van der Waals surface area (Å²) in [6.07, 6.45) is 1.60. The van der Waals surface area contributed by atoms with E-state index < -0.39 is 0 Å². The molecular weight excluding hydrogens is 387 g/mol. The van der Waals surface area contributed by atoms with E-state index in [-0.39, 0.29) is 6.61 Å². The molecule has 0 unspecified atom stereocenters. The first-order valence-electron chi connectivity index (χ1n) is 8.41. The van der Waals surface area contributed by atoms with E-state index in [1.54, 1.807) is 19.2 Å². The summed E-state index contributed by atoms with van der Waals surface area (Å²) in [5.41, 5.74) is 15.4. The minimum atomic E-state index is 0.0633. The van der Waals surface area contributed by atoms with Gasteiger partial charge in [-0.05, 0) is 36.6 Å². The third kappa shape index (κ3) is 3.88. The maximum absolute atomic E-state index is 9.13.